The number of ether oxygens (including phenoxy) is 2. The van der Waals surface area contributed by atoms with Gasteiger partial charge < -0.3 is 9.47 Å². The van der Waals surface area contributed by atoms with Crippen LogP contribution in [0.2, 0.25) is 0 Å². The molecule has 0 saturated carbocycles. The van der Waals surface area contributed by atoms with E-state index >= 15 is 0 Å². The summed E-state index contributed by atoms with van der Waals surface area (Å²) in [6.07, 6.45) is 3.70. The van der Waals surface area contributed by atoms with E-state index in [0.717, 1.165) is 37.4 Å². The zero-order valence-corrected chi connectivity index (χ0v) is 10.7. The number of rotatable bonds is 6. The fourth-order valence-corrected chi connectivity index (χ4v) is 2.58. The summed E-state index contributed by atoms with van der Waals surface area (Å²) in [5.74, 6) is 0.232. The average molecular weight is 254 g/mol. The molecule has 0 radical (unpaired) electrons. The molecular weight excluding hydrogens is 236 g/mol. The summed E-state index contributed by atoms with van der Waals surface area (Å²) >= 11 is 1.51. The minimum atomic E-state index is 0.232. The van der Waals surface area contributed by atoms with Gasteiger partial charge in [-0.3, -0.25) is 4.79 Å². The number of hydrogen-bond donors (Lipinski definition) is 0. The SMILES string of the molecule is O=C(CCCOC1CCOCC1)c1cccs1. The maximum absolute atomic E-state index is 11.7. The number of Topliss-reactive ketones (excluding diaryl/α,β-unsaturated/α-hetero) is 1. The van der Waals surface area contributed by atoms with E-state index in [9.17, 15) is 4.79 Å². The van der Waals surface area contributed by atoms with Crippen LogP contribution in [0.15, 0.2) is 17.5 Å². The van der Waals surface area contributed by atoms with Gasteiger partial charge in [-0.25, -0.2) is 0 Å². The largest absolute Gasteiger partial charge is 0.381 e. The van der Waals surface area contributed by atoms with E-state index in [1.165, 1.54) is 11.3 Å². The van der Waals surface area contributed by atoms with Gasteiger partial charge in [0, 0.05) is 26.2 Å². The average Bonchev–Trinajstić information content (AvgIpc) is 2.89. The van der Waals surface area contributed by atoms with E-state index < -0.39 is 0 Å². The Morgan fingerprint density at radius 1 is 1.47 bits per heavy atom. The zero-order chi connectivity index (χ0) is 11.9. The Labute approximate surface area is 106 Å². The van der Waals surface area contributed by atoms with E-state index in [1.54, 1.807) is 0 Å². The first-order valence-electron chi connectivity index (χ1n) is 6.12. The summed E-state index contributed by atoms with van der Waals surface area (Å²) in [7, 11) is 0. The third-order valence-corrected chi connectivity index (χ3v) is 3.78. The van der Waals surface area contributed by atoms with Crippen LogP contribution in [0.3, 0.4) is 0 Å². The Balaban J connectivity index is 1.58. The minimum absolute atomic E-state index is 0.232. The molecule has 2 rings (SSSR count). The fourth-order valence-electron chi connectivity index (χ4n) is 1.89. The summed E-state index contributed by atoms with van der Waals surface area (Å²) < 4.78 is 11.0. The molecule has 0 bridgehead atoms. The van der Waals surface area contributed by atoms with Gasteiger partial charge in [-0.15, -0.1) is 11.3 Å². The number of ketones is 1. The van der Waals surface area contributed by atoms with Crippen LogP contribution < -0.4 is 0 Å². The van der Waals surface area contributed by atoms with Gasteiger partial charge in [-0.2, -0.15) is 0 Å². The maximum Gasteiger partial charge on any atom is 0.172 e. The molecule has 1 saturated heterocycles. The van der Waals surface area contributed by atoms with E-state index in [-0.39, 0.29) is 5.78 Å². The summed E-state index contributed by atoms with van der Waals surface area (Å²) in [5.41, 5.74) is 0. The van der Waals surface area contributed by atoms with Gasteiger partial charge in [0.2, 0.25) is 0 Å². The highest BCUT2D eigenvalue weighted by Crippen LogP contribution is 2.14. The predicted molar refractivity (Wildman–Crippen MR) is 67.7 cm³/mol. The maximum atomic E-state index is 11.7. The van der Waals surface area contributed by atoms with E-state index in [1.807, 2.05) is 17.5 Å². The number of carbonyl (C=O) groups excluding carboxylic acids is 1. The molecule has 0 unspecified atom stereocenters. The van der Waals surface area contributed by atoms with Crippen molar-refractivity contribution in [3.63, 3.8) is 0 Å². The molecular formula is C13H18O3S. The van der Waals surface area contributed by atoms with Gasteiger partial charge in [0.25, 0.3) is 0 Å². The summed E-state index contributed by atoms with van der Waals surface area (Å²) in [4.78, 5) is 12.5. The molecule has 0 aliphatic carbocycles. The third kappa shape index (κ3) is 4.22. The monoisotopic (exact) mass is 254 g/mol. The Kier molecular flexibility index (Phi) is 5.16. The van der Waals surface area contributed by atoms with Crippen LogP contribution in [0.1, 0.15) is 35.4 Å². The smallest absolute Gasteiger partial charge is 0.172 e. The normalized spacial score (nSPS) is 17.2. The van der Waals surface area contributed by atoms with Gasteiger partial charge in [-0.1, -0.05) is 6.07 Å². The summed E-state index contributed by atoms with van der Waals surface area (Å²) in [6.45, 7) is 2.29. The van der Waals surface area contributed by atoms with Gasteiger partial charge in [0.1, 0.15) is 0 Å². The van der Waals surface area contributed by atoms with Crippen LogP contribution in [0.4, 0.5) is 0 Å². The van der Waals surface area contributed by atoms with Crippen molar-refractivity contribution < 1.29 is 14.3 Å². The van der Waals surface area contributed by atoms with Crippen molar-refractivity contribution in [2.75, 3.05) is 19.8 Å². The lowest BCUT2D eigenvalue weighted by molar-refractivity contribution is -0.0323. The van der Waals surface area contributed by atoms with Gasteiger partial charge in [-0.05, 0) is 30.7 Å². The van der Waals surface area contributed by atoms with Crippen molar-refractivity contribution in [2.45, 2.75) is 31.8 Å². The molecule has 1 aromatic heterocycles. The molecule has 0 amide bonds. The lowest BCUT2D eigenvalue weighted by atomic mass is 10.1. The first-order valence-corrected chi connectivity index (χ1v) is 7.00. The van der Waals surface area contributed by atoms with Gasteiger partial charge in [0.05, 0.1) is 11.0 Å². The highest BCUT2D eigenvalue weighted by Gasteiger charge is 2.14. The second kappa shape index (κ2) is 6.89. The van der Waals surface area contributed by atoms with Crippen LogP contribution in [-0.2, 0) is 9.47 Å². The summed E-state index contributed by atoms with van der Waals surface area (Å²) in [6, 6.07) is 3.79. The number of thiophene rings is 1. The van der Waals surface area contributed by atoms with Crippen molar-refractivity contribution >= 4 is 17.1 Å². The molecule has 94 valence electrons. The molecule has 2 heterocycles. The highest BCUT2D eigenvalue weighted by molar-refractivity contribution is 7.12. The highest BCUT2D eigenvalue weighted by atomic mass is 32.1. The Hall–Kier alpha value is -0.710. The number of carbonyl (C=O) groups is 1. The second-order valence-electron chi connectivity index (χ2n) is 4.19. The molecule has 0 atom stereocenters. The second-order valence-corrected chi connectivity index (χ2v) is 5.13. The van der Waals surface area contributed by atoms with E-state index in [2.05, 4.69) is 0 Å². The van der Waals surface area contributed by atoms with Crippen LogP contribution in [0.5, 0.6) is 0 Å². The van der Waals surface area contributed by atoms with Crippen molar-refractivity contribution in [3.8, 4) is 0 Å². The molecule has 0 N–H and O–H groups in total. The van der Waals surface area contributed by atoms with Crippen LogP contribution >= 0.6 is 11.3 Å². The molecule has 1 aromatic rings. The van der Waals surface area contributed by atoms with E-state index in [0.29, 0.717) is 19.1 Å². The fraction of sp³-hybridized carbons (Fsp3) is 0.615. The molecule has 3 nitrogen and oxygen atoms in total. The first kappa shape index (κ1) is 12.7. The topological polar surface area (TPSA) is 35.5 Å². The molecule has 4 heteroatoms. The molecule has 1 aliphatic heterocycles. The predicted octanol–water partition coefficient (Wildman–Crippen LogP) is 2.91. The van der Waals surface area contributed by atoms with E-state index in [4.69, 9.17) is 9.47 Å². The molecule has 1 aliphatic rings. The van der Waals surface area contributed by atoms with Crippen molar-refractivity contribution in [3.05, 3.63) is 22.4 Å². The lowest BCUT2D eigenvalue weighted by Crippen LogP contribution is -2.23. The van der Waals surface area contributed by atoms with Crippen molar-refractivity contribution in [2.24, 2.45) is 0 Å². The van der Waals surface area contributed by atoms with Crippen LogP contribution in [-0.4, -0.2) is 31.7 Å². The van der Waals surface area contributed by atoms with Crippen LogP contribution in [0, 0.1) is 0 Å². The van der Waals surface area contributed by atoms with Crippen LogP contribution in [0.25, 0.3) is 0 Å². The molecule has 1 fully saturated rings. The lowest BCUT2D eigenvalue weighted by Gasteiger charge is -2.22. The van der Waals surface area contributed by atoms with Gasteiger partial charge in [0.15, 0.2) is 5.78 Å². The van der Waals surface area contributed by atoms with Crippen molar-refractivity contribution in [1.82, 2.24) is 0 Å². The third-order valence-electron chi connectivity index (χ3n) is 2.87. The first-order chi connectivity index (χ1) is 8.36. The molecule has 0 spiro atoms. The Morgan fingerprint density at radius 2 is 2.29 bits per heavy atom. The molecule has 17 heavy (non-hydrogen) atoms. The van der Waals surface area contributed by atoms with Crippen molar-refractivity contribution in [1.29, 1.82) is 0 Å². The van der Waals surface area contributed by atoms with Gasteiger partial charge >= 0.3 is 0 Å². The number of hydrogen-bond acceptors (Lipinski definition) is 4. The quantitative estimate of drug-likeness (QED) is 0.578. The Morgan fingerprint density at radius 3 is 3.00 bits per heavy atom. The summed E-state index contributed by atoms with van der Waals surface area (Å²) in [5, 5.41) is 1.94. The minimum Gasteiger partial charge on any atom is -0.381 e. The molecule has 0 aromatic carbocycles. The Bertz CT molecular complexity index is 328. The standard InChI is InChI=1S/C13H18O3S/c14-12(13-4-2-10-17-13)3-1-7-16-11-5-8-15-9-6-11/h2,4,10-11H,1,3,5-9H2. The zero-order valence-electron chi connectivity index (χ0n) is 9.89.